The van der Waals surface area contributed by atoms with Crippen molar-refractivity contribution in [3.63, 3.8) is 0 Å². The lowest BCUT2D eigenvalue weighted by Crippen LogP contribution is -2.11. The zero-order valence-electron chi connectivity index (χ0n) is 9.04. The van der Waals surface area contributed by atoms with Crippen molar-refractivity contribution < 1.29 is 14.3 Å². The fraction of sp³-hybridized carbons (Fsp3) is 0.273. The Bertz CT molecular complexity index is 418. The summed E-state index contributed by atoms with van der Waals surface area (Å²) >= 11 is 5.35. The number of anilines is 1. The van der Waals surface area contributed by atoms with E-state index >= 15 is 0 Å². The minimum Gasteiger partial charge on any atom is -0.495 e. The molecule has 0 saturated carbocycles. The van der Waals surface area contributed by atoms with Crippen LogP contribution in [0, 0.1) is 0 Å². The molecule has 0 fully saturated rings. The molecule has 0 saturated heterocycles. The van der Waals surface area contributed by atoms with E-state index in [2.05, 4.69) is 5.32 Å². The SMILES string of the molecule is CCC(=O)Nc1cc(C(=O)Cl)ccc1OC. The van der Waals surface area contributed by atoms with Crippen molar-refractivity contribution in [2.75, 3.05) is 12.4 Å². The number of nitrogens with one attached hydrogen (secondary N) is 1. The van der Waals surface area contributed by atoms with E-state index in [0.717, 1.165) is 0 Å². The van der Waals surface area contributed by atoms with Crippen molar-refractivity contribution in [2.45, 2.75) is 13.3 Å². The van der Waals surface area contributed by atoms with Gasteiger partial charge >= 0.3 is 0 Å². The minimum absolute atomic E-state index is 0.155. The standard InChI is InChI=1S/C11H12ClNO3/c1-3-10(14)13-8-6-7(11(12)15)4-5-9(8)16-2/h4-6H,3H2,1-2H3,(H,13,14). The van der Waals surface area contributed by atoms with Gasteiger partial charge in [0.2, 0.25) is 5.91 Å². The Kier molecular flexibility index (Phi) is 4.31. The Morgan fingerprint density at radius 3 is 2.62 bits per heavy atom. The number of halogens is 1. The monoisotopic (exact) mass is 241 g/mol. The van der Waals surface area contributed by atoms with E-state index < -0.39 is 5.24 Å². The van der Waals surface area contributed by atoms with Crippen LogP contribution in [0.15, 0.2) is 18.2 Å². The normalized spacial score (nSPS) is 9.69. The molecule has 1 N–H and O–H groups in total. The molecule has 86 valence electrons. The largest absolute Gasteiger partial charge is 0.495 e. The summed E-state index contributed by atoms with van der Waals surface area (Å²) in [5.41, 5.74) is 0.759. The molecule has 0 unspecified atom stereocenters. The molecule has 1 amide bonds. The van der Waals surface area contributed by atoms with Crippen molar-refractivity contribution in [2.24, 2.45) is 0 Å². The summed E-state index contributed by atoms with van der Waals surface area (Å²) in [7, 11) is 1.49. The molecular weight excluding hydrogens is 230 g/mol. The second kappa shape index (κ2) is 5.51. The van der Waals surface area contributed by atoms with Crippen molar-refractivity contribution >= 4 is 28.4 Å². The van der Waals surface area contributed by atoms with E-state index in [0.29, 0.717) is 23.4 Å². The predicted octanol–water partition coefficient (Wildman–Crippen LogP) is 2.42. The van der Waals surface area contributed by atoms with Crippen LogP contribution in [0.2, 0.25) is 0 Å². The molecule has 1 aromatic rings. The highest BCUT2D eigenvalue weighted by Gasteiger charge is 2.10. The molecule has 0 heterocycles. The van der Waals surface area contributed by atoms with Gasteiger partial charge in [0.1, 0.15) is 5.75 Å². The van der Waals surface area contributed by atoms with Crippen LogP contribution >= 0.6 is 11.6 Å². The number of carbonyl (C=O) groups is 2. The fourth-order valence-corrected chi connectivity index (χ4v) is 1.28. The van der Waals surface area contributed by atoms with Crippen LogP contribution in [0.4, 0.5) is 5.69 Å². The first-order valence-electron chi connectivity index (χ1n) is 4.76. The zero-order valence-corrected chi connectivity index (χ0v) is 9.80. The third kappa shape index (κ3) is 2.97. The lowest BCUT2D eigenvalue weighted by atomic mass is 10.2. The van der Waals surface area contributed by atoms with Crippen molar-refractivity contribution in [1.29, 1.82) is 0 Å². The summed E-state index contributed by atoms with van der Waals surface area (Å²) in [5, 5.41) is 2.06. The second-order valence-corrected chi connectivity index (χ2v) is 3.43. The van der Waals surface area contributed by atoms with Gasteiger partial charge in [-0.25, -0.2) is 0 Å². The minimum atomic E-state index is -0.574. The highest BCUT2D eigenvalue weighted by Crippen LogP contribution is 2.26. The quantitative estimate of drug-likeness (QED) is 0.824. The summed E-state index contributed by atoms with van der Waals surface area (Å²) in [4.78, 5) is 22.2. The molecule has 1 rings (SSSR count). The molecule has 5 heteroatoms. The second-order valence-electron chi connectivity index (χ2n) is 3.09. The summed E-state index contributed by atoms with van der Waals surface area (Å²) in [5.74, 6) is 0.334. The molecule has 0 bridgehead atoms. The van der Waals surface area contributed by atoms with Gasteiger partial charge in [-0.3, -0.25) is 9.59 Å². The van der Waals surface area contributed by atoms with Gasteiger partial charge in [-0.05, 0) is 29.8 Å². The smallest absolute Gasteiger partial charge is 0.252 e. The maximum Gasteiger partial charge on any atom is 0.252 e. The number of methoxy groups -OCH3 is 1. The molecule has 4 nitrogen and oxygen atoms in total. The van der Waals surface area contributed by atoms with Gasteiger partial charge in [-0.1, -0.05) is 6.92 Å². The maximum atomic E-state index is 11.2. The lowest BCUT2D eigenvalue weighted by Gasteiger charge is -2.10. The summed E-state index contributed by atoms with van der Waals surface area (Å²) in [6.07, 6.45) is 0.349. The number of benzene rings is 1. The van der Waals surface area contributed by atoms with Gasteiger partial charge < -0.3 is 10.1 Å². The Labute approximate surface area is 98.5 Å². The Morgan fingerprint density at radius 1 is 1.44 bits per heavy atom. The van der Waals surface area contributed by atoms with Crippen molar-refractivity contribution in [3.05, 3.63) is 23.8 Å². The third-order valence-corrected chi connectivity index (χ3v) is 2.24. The molecule has 16 heavy (non-hydrogen) atoms. The molecule has 0 aliphatic heterocycles. The van der Waals surface area contributed by atoms with E-state index in [1.54, 1.807) is 13.0 Å². The first-order chi connectivity index (χ1) is 7.58. The van der Waals surface area contributed by atoms with Gasteiger partial charge in [-0.15, -0.1) is 0 Å². The number of ether oxygens (including phenoxy) is 1. The van der Waals surface area contributed by atoms with E-state index in [1.807, 2.05) is 0 Å². The number of hydrogen-bond donors (Lipinski definition) is 1. The summed E-state index contributed by atoms with van der Waals surface area (Å²) in [6, 6.07) is 4.61. The van der Waals surface area contributed by atoms with Crippen LogP contribution < -0.4 is 10.1 Å². The van der Waals surface area contributed by atoms with Crippen LogP contribution in [0.1, 0.15) is 23.7 Å². The van der Waals surface area contributed by atoms with E-state index in [4.69, 9.17) is 16.3 Å². The highest BCUT2D eigenvalue weighted by atomic mass is 35.5. The van der Waals surface area contributed by atoms with Crippen LogP contribution in [-0.4, -0.2) is 18.3 Å². The average Bonchev–Trinajstić information content (AvgIpc) is 2.28. The van der Waals surface area contributed by atoms with Gasteiger partial charge in [-0.2, -0.15) is 0 Å². The van der Waals surface area contributed by atoms with E-state index in [9.17, 15) is 9.59 Å². The van der Waals surface area contributed by atoms with Crippen molar-refractivity contribution in [1.82, 2.24) is 0 Å². The summed E-state index contributed by atoms with van der Waals surface area (Å²) in [6.45, 7) is 1.73. The number of amides is 1. The van der Waals surface area contributed by atoms with Crippen LogP contribution in [0.25, 0.3) is 0 Å². The van der Waals surface area contributed by atoms with E-state index in [1.165, 1.54) is 19.2 Å². The molecule has 0 aromatic heterocycles. The maximum absolute atomic E-state index is 11.2. The first kappa shape index (κ1) is 12.5. The molecule has 1 aromatic carbocycles. The molecule has 0 spiro atoms. The molecule has 0 aliphatic carbocycles. The average molecular weight is 242 g/mol. The molecule has 0 atom stereocenters. The number of rotatable bonds is 4. The van der Waals surface area contributed by atoms with Gasteiger partial charge in [0.25, 0.3) is 5.24 Å². The molecule has 0 radical (unpaired) electrons. The van der Waals surface area contributed by atoms with Crippen LogP contribution in [-0.2, 0) is 4.79 Å². The van der Waals surface area contributed by atoms with Gasteiger partial charge in [0, 0.05) is 12.0 Å². The third-order valence-electron chi connectivity index (χ3n) is 2.02. The number of hydrogen-bond acceptors (Lipinski definition) is 3. The zero-order chi connectivity index (χ0) is 12.1. The van der Waals surface area contributed by atoms with E-state index in [-0.39, 0.29) is 5.91 Å². The van der Waals surface area contributed by atoms with Crippen LogP contribution in [0.3, 0.4) is 0 Å². The van der Waals surface area contributed by atoms with Crippen LogP contribution in [0.5, 0.6) is 5.75 Å². The number of carbonyl (C=O) groups excluding carboxylic acids is 2. The first-order valence-corrected chi connectivity index (χ1v) is 5.14. The fourth-order valence-electron chi connectivity index (χ4n) is 1.17. The predicted molar refractivity (Wildman–Crippen MR) is 62.1 cm³/mol. The highest BCUT2D eigenvalue weighted by molar-refractivity contribution is 6.67. The van der Waals surface area contributed by atoms with Crippen molar-refractivity contribution in [3.8, 4) is 5.75 Å². The Balaban J connectivity index is 3.06. The van der Waals surface area contributed by atoms with Gasteiger partial charge in [0.15, 0.2) is 0 Å². The Hall–Kier alpha value is -1.55. The summed E-state index contributed by atoms with van der Waals surface area (Å²) < 4.78 is 5.06. The Morgan fingerprint density at radius 2 is 2.12 bits per heavy atom. The molecular formula is C11H12ClNO3. The molecule has 0 aliphatic rings. The topological polar surface area (TPSA) is 55.4 Å². The van der Waals surface area contributed by atoms with Gasteiger partial charge in [0.05, 0.1) is 12.8 Å². The lowest BCUT2D eigenvalue weighted by molar-refractivity contribution is -0.115.